The van der Waals surface area contributed by atoms with Crippen LogP contribution in [0.2, 0.25) is 0 Å². The number of carbonyl (C=O) groups is 1. The van der Waals surface area contributed by atoms with Crippen molar-refractivity contribution in [1.29, 1.82) is 0 Å². The lowest BCUT2D eigenvalue weighted by Gasteiger charge is -2.32. The van der Waals surface area contributed by atoms with E-state index in [4.69, 9.17) is 4.74 Å². The monoisotopic (exact) mass is 380 g/mol. The van der Waals surface area contributed by atoms with Crippen LogP contribution in [0, 0.1) is 11.7 Å². The Labute approximate surface area is 164 Å². The van der Waals surface area contributed by atoms with E-state index in [1.165, 1.54) is 6.07 Å². The van der Waals surface area contributed by atoms with Crippen LogP contribution in [-0.2, 0) is 11.3 Å². The van der Waals surface area contributed by atoms with Crippen LogP contribution >= 0.6 is 0 Å². The lowest BCUT2D eigenvalue weighted by atomic mass is 9.97. The molecule has 4 rings (SSSR count). The summed E-state index contributed by atoms with van der Waals surface area (Å²) in [5, 5.41) is 0.997. The molecule has 2 heterocycles. The quantitative estimate of drug-likeness (QED) is 0.660. The Bertz CT molecular complexity index is 974. The van der Waals surface area contributed by atoms with Gasteiger partial charge in [0, 0.05) is 43.3 Å². The number of hydrogen-bond acceptors (Lipinski definition) is 2. The Balaban J connectivity index is 1.65. The highest BCUT2D eigenvalue weighted by atomic mass is 19.1. The molecule has 0 saturated carbocycles. The number of para-hydroxylation sites is 1. The van der Waals surface area contributed by atoms with Crippen LogP contribution in [-0.4, -0.2) is 42.2 Å². The molecule has 0 bridgehead atoms. The van der Waals surface area contributed by atoms with Crippen molar-refractivity contribution >= 4 is 16.8 Å². The summed E-state index contributed by atoms with van der Waals surface area (Å²) in [6.45, 7) is 2.54. The van der Waals surface area contributed by atoms with Gasteiger partial charge in [-0.05, 0) is 37.0 Å². The predicted octanol–water partition coefficient (Wildman–Crippen LogP) is 4.33. The van der Waals surface area contributed by atoms with Gasteiger partial charge in [0.05, 0.1) is 6.54 Å². The molecule has 0 aliphatic carbocycles. The van der Waals surface area contributed by atoms with Gasteiger partial charge in [0.15, 0.2) is 0 Å². The van der Waals surface area contributed by atoms with Crippen molar-refractivity contribution in [2.24, 2.45) is 5.92 Å². The summed E-state index contributed by atoms with van der Waals surface area (Å²) in [6.07, 6.45) is 1.90. The Hall–Kier alpha value is -2.66. The van der Waals surface area contributed by atoms with E-state index in [0.29, 0.717) is 23.7 Å². The number of rotatable bonds is 5. The topological polar surface area (TPSA) is 34.5 Å². The van der Waals surface area contributed by atoms with E-state index in [1.807, 2.05) is 45.9 Å². The van der Waals surface area contributed by atoms with E-state index in [-0.39, 0.29) is 11.7 Å². The molecular weight excluding hydrogens is 355 g/mol. The fourth-order valence-corrected chi connectivity index (χ4v) is 4.06. The summed E-state index contributed by atoms with van der Waals surface area (Å²) < 4.78 is 21.5. The minimum atomic E-state index is -0.251. The molecule has 0 spiro atoms. The average Bonchev–Trinajstić information content (AvgIpc) is 3.08. The van der Waals surface area contributed by atoms with Crippen molar-refractivity contribution in [2.45, 2.75) is 19.4 Å². The number of nitrogens with zero attached hydrogens (tertiary/aromatic N) is 2. The third-order valence-corrected chi connectivity index (χ3v) is 5.62. The van der Waals surface area contributed by atoms with Crippen molar-refractivity contribution in [3.8, 4) is 0 Å². The van der Waals surface area contributed by atoms with Gasteiger partial charge < -0.3 is 14.2 Å². The van der Waals surface area contributed by atoms with Crippen LogP contribution in [0.15, 0.2) is 54.6 Å². The fourth-order valence-electron chi connectivity index (χ4n) is 4.06. The number of benzene rings is 2. The van der Waals surface area contributed by atoms with Crippen LogP contribution in [0.1, 0.15) is 28.9 Å². The summed E-state index contributed by atoms with van der Waals surface area (Å²) in [6, 6.07) is 16.6. The molecule has 4 nitrogen and oxygen atoms in total. The zero-order chi connectivity index (χ0) is 19.5. The SMILES string of the molecule is COCC1CCN(C(=O)c2cc3ccccc3n2Cc2ccccc2F)CC1. The van der Waals surface area contributed by atoms with Crippen LogP contribution in [0.25, 0.3) is 10.9 Å². The van der Waals surface area contributed by atoms with E-state index in [0.717, 1.165) is 43.4 Å². The molecule has 28 heavy (non-hydrogen) atoms. The number of amides is 1. The van der Waals surface area contributed by atoms with E-state index in [9.17, 15) is 9.18 Å². The average molecular weight is 380 g/mol. The highest BCUT2D eigenvalue weighted by Gasteiger charge is 2.26. The third kappa shape index (κ3) is 3.67. The first-order chi connectivity index (χ1) is 13.7. The van der Waals surface area contributed by atoms with E-state index >= 15 is 0 Å². The molecule has 3 aromatic rings. The summed E-state index contributed by atoms with van der Waals surface area (Å²) in [7, 11) is 1.72. The number of methoxy groups -OCH3 is 1. The molecule has 0 unspecified atom stereocenters. The standard InChI is InChI=1S/C23H25FN2O2/c1-28-16-17-10-12-25(13-11-17)23(27)22-14-18-6-3-5-9-21(18)26(22)15-19-7-2-4-8-20(19)24/h2-9,14,17H,10-13,15-16H2,1H3. The normalized spacial score (nSPS) is 15.3. The third-order valence-electron chi connectivity index (χ3n) is 5.62. The molecule has 1 saturated heterocycles. The summed E-state index contributed by atoms with van der Waals surface area (Å²) >= 11 is 0. The maximum Gasteiger partial charge on any atom is 0.270 e. The molecule has 1 aliphatic rings. The van der Waals surface area contributed by atoms with Gasteiger partial charge in [0.25, 0.3) is 5.91 Å². The van der Waals surface area contributed by atoms with Crippen LogP contribution in [0.4, 0.5) is 4.39 Å². The maximum atomic E-state index is 14.3. The van der Waals surface area contributed by atoms with Gasteiger partial charge in [-0.15, -0.1) is 0 Å². The van der Waals surface area contributed by atoms with E-state index in [1.54, 1.807) is 19.2 Å². The molecule has 1 amide bonds. The van der Waals surface area contributed by atoms with Gasteiger partial charge in [0.1, 0.15) is 11.5 Å². The van der Waals surface area contributed by atoms with Crippen molar-refractivity contribution < 1.29 is 13.9 Å². The summed E-state index contributed by atoms with van der Waals surface area (Å²) in [4.78, 5) is 15.2. The van der Waals surface area contributed by atoms with Gasteiger partial charge in [-0.25, -0.2) is 4.39 Å². The molecule has 2 aromatic carbocycles. The first-order valence-corrected chi connectivity index (χ1v) is 9.77. The Morgan fingerprint density at radius 3 is 2.57 bits per heavy atom. The number of carbonyl (C=O) groups excluding carboxylic acids is 1. The molecule has 0 atom stereocenters. The Morgan fingerprint density at radius 2 is 1.82 bits per heavy atom. The van der Waals surface area contributed by atoms with Crippen molar-refractivity contribution in [3.63, 3.8) is 0 Å². The maximum absolute atomic E-state index is 14.3. The lowest BCUT2D eigenvalue weighted by molar-refractivity contribution is 0.0604. The number of piperidine rings is 1. The summed E-state index contributed by atoms with van der Waals surface area (Å²) in [5.74, 6) is 0.279. The Kier molecular flexibility index (Phi) is 5.44. The zero-order valence-electron chi connectivity index (χ0n) is 16.1. The molecule has 0 N–H and O–H groups in total. The second kappa shape index (κ2) is 8.15. The molecular formula is C23H25FN2O2. The smallest absolute Gasteiger partial charge is 0.270 e. The summed E-state index contributed by atoms with van der Waals surface area (Å²) in [5.41, 5.74) is 2.15. The Morgan fingerprint density at radius 1 is 1.11 bits per heavy atom. The van der Waals surface area contributed by atoms with Crippen LogP contribution < -0.4 is 0 Å². The van der Waals surface area contributed by atoms with E-state index in [2.05, 4.69) is 0 Å². The largest absolute Gasteiger partial charge is 0.384 e. The fraction of sp³-hybridized carbons (Fsp3) is 0.348. The minimum absolute atomic E-state index is 0.0170. The second-order valence-electron chi connectivity index (χ2n) is 7.46. The van der Waals surface area contributed by atoms with Gasteiger partial charge in [-0.3, -0.25) is 4.79 Å². The number of fused-ring (bicyclic) bond motifs is 1. The van der Waals surface area contributed by atoms with Gasteiger partial charge in [-0.2, -0.15) is 0 Å². The van der Waals surface area contributed by atoms with Crippen molar-refractivity contribution in [1.82, 2.24) is 9.47 Å². The number of hydrogen-bond donors (Lipinski definition) is 0. The highest BCUT2D eigenvalue weighted by molar-refractivity contribution is 5.99. The van der Waals surface area contributed by atoms with Crippen molar-refractivity contribution in [3.05, 3.63) is 71.7 Å². The molecule has 1 aromatic heterocycles. The van der Waals surface area contributed by atoms with Gasteiger partial charge in [-0.1, -0.05) is 36.4 Å². The zero-order valence-corrected chi connectivity index (χ0v) is 16.1. The molecule has 1 aliphatic heterocycles. The number of halogens is 1. The van der Waals surface area contributed by atoms with E-state index < -0.39 is 0 Å². The number of aromatic nitrogens is 1. The van der Waals surface area contributed by atoms with Crippen LogP contribution in [0.5, 0.6) is 0 Å². The number of likely N-dealkylation sites (tertiary alicyclic amines) is 1. The first kappa shape index (κ1) is 18.7. The molecule has 146 valence electrons. The second-order valence-corrected chi connectivity index (χ2v) is 7.46. The molecule has 0 radical (unpaired) electrons. The lowest BCUT2D eigenvalue weighted by Crippen LogP contribution is -2.40. The first-order valence-electron chi connectivity index (χ1n) is 9.77. The van der Waals surface area contributed by atoms with Crippen molar-refractivity contribution in [2.75, 3.05) is 26.8 Å². The van der Waals surface area contributed by atoms with Crippen LogP contribution in [0.3, 0.4) is 0 Å². The van der Waals surface area contributed by atoms with Gasteiger partial charge >= 0.3 is 0 Å². The predicted molar refractivity (Wildman–Crippen MR) is 108 cm³/mol. The molecule has 5 heteroatoms. The number of ether oxygens (including phenoxy) is 1. The van der Waals surface area contributed by atoms with Gasteiger partial charge in [0.2, 0.25) is 0 Å². The molecule has 1 fully saturated rings. The highest BCUT2D eigenvalue weighted by Crippen LogP contribution is 2.25. The minimum Gasteiger partial charge on any atom is -0.384 e.